The van der Waals surface area contributed by atoms with Crippen molar-refractivity contribution in [3.63, 3.8) is 0 Å². The summed E-state index contributed by atoms with van der Waals surface area (Å²) < 4.78 is 22.1. The van der Waals surface area contributed by atoms with Crippen molar-refractivity contribution in [2.24, 2.45) is 17.4 Å². The zero-order valence-corrected chi connectivity index (χ0v) is 37.0. The predicted molar refractivity (Wildman–Crippen MR) is 225 cm³/mol. The van der Waals surface area contributed by atoms with Gasteiger partial charge in [0.25, 0.3) is 0 Å². The van der Waals surface area contributed by atoms with Crippen LogP contribution in [0.4, 0.5) is 0 Å². The van der Waals surface area contributed by atoms with Gasteiger partial charge in [-0.05, 0) is 90.6 Å². The Morgan fingerprint density at radius 1 is 0.914 bits per heavy atom. The summed E-state index contributed by atoms with van der Waals surface area (Å²) in [7, 11) is 0. The van der Waals surface area contributed by atoms with Crippen LogP contribution in [0.3, 0.4) is 0 Å². The number of hydrogen-bond donors (Lipinski definition) is 5. The summed E-state index contributed by atoms with van der Waals surface area (Å²) in [5.74, 6) is 0.549. The Bertz CT molecular complexity index is 1310. The number of ether oxygens (including phenoxy) is 3. The van der Waals surface area contributed by atoms with Crippen molar-refractivity contribution in [3.8, 4) is 0 Å². The zero-order valence-electron chi connectivity index (χ0n) is 36.2. The largest absolute Gasteiger partial charge is 1.00 e. The molecule has 8 atom stereocenters. The van der Waals surface area contributed by atoms with Crippen molar-refractivity contribution >= 4 is 17.8 Å². The maximum atomic E-state index is 14.1. The SMILES string of the molecule is CC[C@H]1C=CCC[C@@]2(C[C@@H]3CC[C@@H]4[C@H](C(=O)OCCCCCCCCCCCCC[C@@H](O)CC(=O)N(CCCN)CCCCN)[C@]5(CCC[C@@H](C)O5)NC(=[N+]34)N2)O1.[Cl-]. The number of amides is 1. The number of carbonyl (C=O) groups excluding carboxylic acids is 2. The van der Waals surface area contributed by atoms with Gasteiger partial charge >= 0.3 is 11.9 Å². The number of nitrogens with zero attached hydrogens (tertiary/aromatic N) is 2. The average Bonchev–Trinajstić information content (AvgIpc) is 3.49. The van der Waals surface area contributed by atoms with E-state index in [4.69, 9.17) is 25.7 Å². The molecule has 0 aromatic rings. The number of esters is 1. The number of rotatable bonds is 25. The maximum absolute atomic E-state index is 14.1. The molecule has 12 nitrogen and oxygen atoms in total. The lowest BCUT2D eigenvalue weighted by atomic mass is 9.80. The molecule has 13 heteroatoms. The Kier molecular flexibility index (Phi) is 21.1. The standard InChI is InChI=1S/C45H80N6O6.ClH/c1-3-38-23-14-15-26-44(57-38)34-36-24-25-39-41(45(27-19-21-35(2)56-45)49-43(48-44)51(36)39)42(54)55-32-18-12-10-8-6-4-5-7-9-11-13-22-37(52)33-40(53)50(31-20-29-47)30-17-16-28-46;/h14,23,35-39,41,52H,3-13,15-22,24-34,46-47H2,1-2H3,(H,48,49);1H/t35-,36+,37-,38+,39-,41-,44+,45-;/m1./s1. The van der Waals surface area contributed by atoms with E-state index >= 15 is 0 Å². The number of guanidine groups is 1. The number of aliphatic hydroxyl groups is 1. The number of unbranched alkanes of at least 4 members (excludes halogenated alkanes) is 11. The van der Waals surface area contributed by atoms with Crippen LogP contribution in [0.5, 0.6) is 0 Å². The predicted octanol–water partition coefficient (Wildman–Crippen LogP) is 3.12. The van der Waals surface area contributed by atoms with Crippen LogP contribution in [0, 0.1) is 5.92 Å². The van der Waals surface area contributed by atoms with Crippen LogP contribution in [0.15, 0.2) is 12.2 Å². The maximum Gasteiger partial charge on any atom is 0.350 e. The van der Waals surface area contributed by atoms with Crippen molar-refractivity contribution in [1.29, 1.82) is 0 Å². The highest BCUT2D eigenvalue weighted by Gasteiger charge is 2.64. The van der Waals surface area contributed by atoms with E-state index in [0.29, 0.717) is 45.2 Å². The first-order chi connectivity index (χ1) is 27.7. The highest BCUT2D eigenvalue weighted by atomic mass is 35.5. The molecule has 5 aliphatic heterocycles. The Labute approximate surface area is 356 Å². The molecule has 0 aromatic carbocycles. The number of hydrogen-bond acceptors (Lipinski definition) is 10. The van der Waals surface area contributed by atoms with E-state index in [0.717, 1.165) is 109 Å². The van der Waals surface area contributed by atoms with Gasteiger partial charge in [-0.2, -0.15) is 0 Å². The summed E-state index contributed by atoms with van der Waals surface area (Å²) >= 11 is 0. The molecule has 0 saturated carbocycles. The third kappa shape index (κ3) is 13.8. The Hall–Kier alpha value is -1.96. The first-order valence-electron chi connectivity index (χ1n) is 23.5. The number of nitrogens with one attached hydrogen (secondary N) is 2. The van der Waals surface area contributed by atoms with Gasteiger partial charge in [0.1, 0.15) is 0 Å². The first-order valence-corrected chi connectivity index (χ1v) is 23.5. The van der Waals surface area contributed by atoms with E-state index in [-0.39, 0.29) is 54.9 Å². The van der Waals surface area contributed by atoms with Crippen LogP contribution in [0.2, 0.25) is 0 Å². The summed E-state index contributed by atoms with van der Waals surface area (Å²) in [6.07, 6.45) is 28.7. The lowest BCUT2D eigenvalue weighted by Crippen LogP contribution is -3.00. The molecule has 0 bridgehead atoms. The summed E-state index contributed by atoms with van der Waals surface area (Å²) in [4.78, 5) is 28.6. The lowest BCUT2D eigenvalue weighted by Gasteiger charge is -2.50. The first kappa shape index (κ1) is 48.7. The molecule has 2 saturated heterocycles. The third-order valence-electron chi connectivity index (χ3n) is 13.3. The van der Waals surface area contributed by atoms with Crippen LogP contribution >= 0.6 is 0 Å². The van der Waals surface area contributed by atoms with Gasteiger partial charge in [0.2, 0.25) is 11.6 Å². The molecular formula is C45H81ClN6O6. The van der Waals surface area contributed by atoms with E-state index in [1.165, 1.54) is 44.9 Å². The number of aliphatic hydroxyl groups excluding tert-OH is 1. The van der Waals surface area contributed by atoms with Crippen molar-refractivity contribution in [1.82, 2.24) is 15.5 Å². The molecule has 5 heterocycles. The molecule has 0 radical (unpaired) electrons. The molecule has 0 aliphatic carbocycles. The molecule has 2 fully saturated rings. The fourth-order valence-electron chi connectivity index (χ4n) is 10.3. The second-order valence-electron chi connectivity index (χ2n) is 17.9. The Morgan fingerprint density at radius 2 is 1.60 bits per heavy atom. The molecule has 2 spiro atoms. The van der Waals surface area contributed by atoms with Crippen LogP contribution < -0.4 is 34.5 Å². The minimum atomic E-state index is -0.766. The summed E-state index contributed by atoms with van der Waals surface area (Å²) in [6.45, 7) is 7.33. The Balaban J connectivity index is 0.00000744. The molecule has 5 aliphatic rings. The van der Waals surface area contributed by atoms with E-state index in [1.807, 2.05) is 4.90 Å². The van der Waals surface area contributed by atoms with Crippen molar-refractivity contribution < 1.29 is 45.9 Å². The van der Waals surface area contributed by atoms with E-state index < -0.39 is 17.6 Å². The van der Waals surface area contributed by atoms with Gasteiger partial charge in [-0.15, -0.1) is 0 Å². The van der Waals surface area contributed by atoms with Crippen molar-refractivity contribution in [2.45, 2.75) is 216 Å². The fourth-order valence-corrected chi connectivity index (χ4v) is 10.3. The molecule has 58 heavy (non-hydrogen) atoms. The smallest absolute Gasteiger partial charge is 0.350 e. The topological polar surface area (TPSA) is 164 Å². The molecule has 0 unspecified atom stereocenters. The lowest BCUT2D eigenvalue weighted by molar-refractivity contribution is -0.609. The van der Waals surface area contributed by atoms with Gasteiger partial charge in [-0.25, -0.2) is 10.6 Å². The number of allylic oxidation sites excluding steroid dienone is 1. The second kappa shape index (κ2) is 25.1. The van der Waals surface area contributed by atoms with Crippen LogP contribution in [-0.4, -0.2) is 107 Å². The summed E-state index contributed by atoms with van der Waals surface area (Å²) in [5, 5.41) is 18.1. The van der Waals surface area contributed by atoms with E-state index in [9.17, 15) is 14.7 Å². The molecular weight excluding hydrogens is 756 g/mol. The number of carbonyl (C=O) groups is 2. The van der Waals surface area contributed by atoms with E-state index in [1.54, 1.807) is 0 Å². The fraction of sp³-hybridized carbons (Fsp3) is 0.889. The quantitative estimate of drug-likeness (QED) is 0.0400. The van der Waals surface area contributed by atoms with Gasteiger partial charge in [0.15, 0.2) is 11.6 Å². The monoisotopic (exact) mass is 837 g/mol. The normalized spacial score (nSPS) is 29.3. The number of nitrogens with two attached hydrogens (primary N) is 2. The molecule has 0 aromatic heterocycles. The molecule has 7 N–H and O–H groups in total. The average molecular weight is 838 g/mol. The van der Waals surface area contributed by atoms with Gasteiger partial charge in [0.05, 0.1) is 43.4 Å². The summed E-state index contributed by atoms with van der Waals surface area (Å²) in [6, 6.07) is 0.382. The van der Waals surface area contributed by atoms with Crippen molar-refractivity contribution in [2.75, 3.05) is 32.8 Å². The van der Waals surface area contributed by atoms with E-state index in [2.05, 4.69) is 41.2 Å². The zero-order chi connectivity index (χ0) is 40.5. The van der Waals surface area contributed by atoms with Crippen molar-refractivity contribution in [3.05, 3.63) is 12.2 Å². The number of halogens is 1. The van der Waals surface area contributed by atoms with Gasteiger partial charge < -0.3 is 48.1 Å². The minimum Gasteiger partial charge on any atom is -1.00 e. The minimum absolute atomic E-state index is 0. The third-order valence-corrected chi connectivity index (χ3v) is 13.3. The van der Waals surface area contributed by atoms with Crippen LogP contribution in [0.1, 0.15) is 174 Å². The van der Waals surface area contributed by atoms with Crippen LogP contribution in [0.25, 0.3) is 0 Å². The Morgan fingerprint density at radius 3 is 2.29 bits per heavy atom. The van der Waals surface area contributed by atoms with Gasteiger partial charge in [-0.3, -0.25) is 14.2 Å². The molecule has 1 amide bonds. The van der Waals surface area contributed by atoms with Crippen LogP contribution in [-0.2, 0) is 23.8 Å². The molecule has 334 valence electrons. The summed E-state index contributed by atoms with van der Waals surface area (Å²) in [5.41, 5.74) is 10.1. The molecule has 5 rings (SSSR count). The second-order valence-corrected chi connectivity index (χ2v) is 17.9. The highest BCUT2D eigenvalue weighted by molar-refractivity contribution is 5.82. The highest BCUT2D eigenvalue weighted by Crippen LogP contribution is 2.45. The van der Waals surface area contributed by atoms with Gasteiger partial charge in [-0.1, -0.05) is 83.3 Å². The van der Waals surface area contributed by atoms with Gasteiger partial charge in [0, 0.05) is 32.4 Å².